The second kappa shape index (κ2) is 28.3. The Labute approximate surface area is 230 Å². The first-order valence-electron chi connectivity index (χ1n) is 14.3. The average molecular weight is 541 g/mol. The first kappa shape index (κ1) is 34.3. The van der Waals surface area contributed by atoms with E-state index in [1.807, 2.05) is 0 Å². The fourth-order valence-corrected chi connectivity index (χ4v) is 3.47. The molecule has 1 rings (SSSR count). The van der Waals surface area contributed by atoms with Crippen molar-refractivity contribution in [1.82, 2.24) is 0 Å². The molecule has 0 unspecified atom stereocenters. The van der Waals surface area contributed by atoms with Crippen LogP contribution in [-0.2, 0) is 39.6 Å². The van der Waals surface area contributed by atoms with Crippen LogP contribution in [0.2, 0.25) is 0 Å². The molecule has 0 aliphatic rings. The van der Waals surface area contributed by atoms with Gasteiger partial charge in [-0.15, -0.1) is 0 Å². The molecule has 8 heteroatoms. The van der Waals surface area contributed by atoms with Crippen LogP contribution in [0.25, 0.3) is 0 Å². The minimum absolute atomic E-state index is 0.510. The standard InChI is InChI=1S/C30H52O8/c1-3-5-6-7-8-9-10-29-11-13-30(14-12-29)38-28-27-37-26-25-36-24-23-35-22-21-34-20-19-33-18-17-32-16-15-31-4-2/h4,11-14H,2-3,5-10,15-28H2,1H3. The van der Waals surface area contributed by atoms with Gasteiger partial charge in [0.2, 0.25) is 0 Å². The maximum absolute atomic E-state index is 5.75. The summed E-state index contributed by atoms with van der Waals surface area (Å²) in [5, 5.41) is 0. The third kappa shape index (κ3) is 23.4. The Morgan fingerprint density at radius 2 is 0.947 bits per heavy atom. The van der Waals surface area contributed by atoms with E-state index in [0.717, 1.165) is 12.2 Å². The number of ether oxygens (including phenoxy) is 8. The molecule has 0 amide bonds. The molecule has 0 saturated heterocycles. The van der Waals surface area contributed by atoms with Gasteiger partial charge in [0.05, 0.1) is 85.5 Å². The lowest BCUT2D eigenvalue weighted by Crippen LogP contribution is -2.15. The predicted octanol–water partition coefficient (Wildman–Crippen LogP) is 5.23. The van der Waals surface area contributed by atoms with Gasteiger partial charge < -0.3 is 37.9 Å². The average Bonchev–Trinajstić information content (AvgIpc) is 2.94. The van der Waals surface area contributed by atoms with Crippen LogP contribution in [0.4, 0.5) is 0 Å². The minimum Gasteiger partial charge on any atom is -0.499 e. The number of unbranched alkanes of at least 4 members (excludes halogenated alkanes) is 5. The Morgan fingerprint density at radius 1 is 0.526 bits per heavy atom. The lowest BCUT2D eigenvalue weighted by Gasteiger charge is -2.09. The van der Waals surface area contributed by atoms with Gasteiger partial charge in [-0.1, -0.05) is 57.7 Å². The zero-order chi connectivity index (χ0) is 27.2. The van der Waals surface area contributed by atoms with Crippen molar-refractivity contribution in [3.8, 4) is 5.75 Å². The molecule has 0 heterocycles. The SMILES string of the molecule is C=COCCOCCOCCOCCOCCOCCOCCOc1ccc(CCCCCCCC)cc1. The van der Waals surface area contributed by atoms with Crippen molar-refractivity contribution in [2.75, 3.05) is 92.5 Å². The van der Waals surface area contributed by atoms with E-state index in [9.17, 15) is 0 Å². The molecule has 0 N–H and O–H groups in total. The van der Waals surface area contributed by atoms with Crippen molar-refractivity contribution in [2.24, 2.45) is 0 Å². The molecule has 8 nitrogen and oxygen atoms in total. The van der Waals surface area contributed by atoms with E-state index in [1.54, 1.807) is 0 Å². The van der Waals surface area contributed by atoms with E-state index < -0.39 is 0 Å². The van der Waals surface area contributed by atoms with Crippen molar-refractivity contribution in [1.29, 1.82) is 0 Å². The first-order valence-corrected chi connectivity index (χ1v) is 14.3. The van der Waals surface area contributed by atoms with Crippen LogP contribution >= 0.6 is 0 Å². The van der Waals surface area contributed by atoms with Crippen LogP contribution in [0.3, 0.4) is 0 Å². The molecule has 0 atom stereocenters. The largest absolute Gasteiger partial charge is 0.499 e. The molecule has 0 aromatic heterocycles. The lowest BCUT2D eigenvalue weighted by molar-refractivity contribution is -0.0193. The summed E-state index contributed by atoms with van der Waals surface area (Å²) in [7, 11) is 0. The quantitative estimate of drug-likeness (QED) is 0.0971. The van der Waals surface area contributed by atoms with Gasteiger partial charge in [0.25, 0.3) is 0 Å². The molecular formula is C30H52O8. The summed E-state index contributed by atoms with van der Waals surface area (Å²) in [5.41, 5.74) is 1.38. The van der Waals surface area contributed by atoms with E-state index in [2.05, 4.69) is 37.8 Å². The third-order valence-corrected chi connectivity index (χ3v) is 5.56. The number of hydrogen-bond donors (Lipinski definition) is 0. The Kier molecular flexibility index (Phi) is 25.6. The second-order valence-electron chi connectivity index (χ2n) is 8.72. The molecule has 0 radical (unpaired) electrons. The summed E-state index contributed by atoms with van der Waals surface area (Å²) in [6, 6.07) is 8.44. The van der Waals surface area contributed by atoms with E-state index in [1.165, 1.54) is 50.4 Å². The van der Waals surface area contributed by atoms with Crippen molar-refractivity contribution < 1.29 is 37.9 Å². The van der Waals surface area contributed by atoms with E-state index in [-0.39, 0.29) is 0 Å². The molecular weight excluding hydrogens is 488 g/mol. The lowest BCUT2D eigenvalue weighted by atomic mass is 10.0. The van der Waals surface area contributed by atoms with Gasteiger partial charge in [-0.05, 0) is 30.5 Å². The molecule has 1 aromatic rings. The number of benzene rings is 1. The summed E-state index contributed by atoms with van der Waals surface area (Å²) in [6.07, 6.45) is 10.5. The first-order chi connectivity index (χ1) is 18.9. The van der Waals surface area contributed by atoms with Gasteiger partial charge in [0, 0.05) is 0 Å². The predicted molar refractivity (Wildman–Crippen MR) is 150 cm³/mol. The zero-order valence-electron chi connectivity index (χ0n) is 23.7. The molecule has 0 saturated carbocycles. The van der Waals surface area contributed by atoms with Gasteiger partial charge in [-0.3, -0.25) is 0 Å². The highest BCUT2D eigenvalue weighted by molar-refractivity contribution is 5.27. The highest BCUT2D eigenvalue weighted by Gasteiger charge is 1.98. The summed E-state index contributed by atoms with van der Waals surface area (Å²) in [6.45, 7) is 13.2. The molecule has 0 aliphatic carbocycles. The Hall–Kier alpha value is -1.68. The molecule has 0 spiro atoms. The summed E-state index contributed by atoms with van der Waals surface area (Å²) in [5.74, 6) is 0.890. The van der Waals surface area contributed by atoms with Gasteiger partial charge in [-0.25, -0.2) is 0 Å². The van der Waals surface area contributed by atoms with Crippen molar-refractivity contribution in [3.63, 3.8) is 0 Å². The highest BCUT2D eigenvalue weighted by Crippen LogP contribution is 2.15. The Morgan fingerprint density at radius 3 is 1.42 bits per heavy atom. The van der Waals surface area contributed by atoms with Crippen molar-refractivity contribution in [2.45, 2.75) is 51.9 Å². The fourth-order valence-electron chi connectivity index (χ4n) is 3.47. The van der Waals surface area contributed by atoms with Gasteiger partial charge >= 0.3 is 0 Å². The van der Waals surface area contributed by atoms with Crippen LogP contribution in [0, 0.1) is 0 Å². The molecule has 220 valence electrons. The smallest absolute Gasteiger partial charge is 0.119 e. The second-order valence-corrected chi connectivity index (χ2v) is 8.72. The highest BCUT2D eigenvalue weighted by atomic mass is 16.6. The van der Waals surface area contributed by atoms with Gasteiger partial charge in [0.15, 0.2) is 0 Å². The maximum Gasteiger partial charge on any atom is 0.119 e. The van der Waals surface area contributed by atoms with Gasteiger partial charge in [-0.2, -0.15) is 0 Å². The summed E-state index contributed by atoms with van der Waals surface area (Å²) in [4.78, 5) is 0. The van der Waals surface area contributed by atoms with E-state index in [4.69, 9.17) is 37.9 Å². The van der Waals surface area contributed by atoms with Crippen molar-refractivity contribution in [3.05, 3.63) is 42.7 Å². The maximum atomic E-state index is 5.75. The van der Waals surface area contributed by atoms with Crippen LogP contribution in [0.5, 0.6) is 5.75 Å². The molecule has 0 fully saturated rings. The Balaban J connectivity index is 1.76. The zero-order valence-corrected chi connectivity index (χ0v) is 23.7. The van der Waals surface area contributed by atoms with Crippen LogP contribution in [-0.4, -0.2) is 92.5 Å². The van der Waals surface area contributed by atoms with Crippen LogP contribution in [0.15, 0.2) is 37.1 Å². The number of hydrogen-bond acceptors (Lipinski definition) is 8. The number of aryl methyl sites for hydroxylation is 1. The van der Waals surface area contributed by atoms with E-state index >= 15 is 0 Å². The van der Waals surface area contributed by atoms with Crippen LogP contribution < -0.4 is 4.74 Å². The molecule has 0 aliphatic heterocycles. The minimum atomic E-state index is 0.510. The monoisotopic (exact) mass is 540 g/mol. The summed E-state index contributed by atoms with van der Waals surface area (Å²) < 4.78 is 43.4. The fraction of sp³-hybridized carbons (Fsp3) is 0.733. The molecule has 0 bridgehead atoms. The molecule has 38 heavy (non-hydrogen) atoms. The van der Waals surface area contributed by atoms with Crippen molar-refractivity contribution >= 4 is 0 Å². The normalized spacial score (nSPS) is 11.1. The van der Waals surface area contributed by atoms with Crippen LogP contribution in [0.1, 0.15) is 51.0 Å². The van der Waals surface area contributed by atoms with Gasteiger partial charge in [0.1, 0.15) is 19.0 Å². The third-order valence-electron chi connectivity index (χ3n) is 5.56. The molecule has 1 aromatic carbocycles. The van der Waals surface area contributed by atoms with E-state index in [0.29, 0.717) is 92.5 Å². The Bertz CT molecular complexity index is 611. The number of rotatable bonds is 30. The summed E-state index contributed by atoms with van der Waals surface area (Å²) >= 11 is 0. The topological polar surface area (TPSA) is 73.8 Å².